The molecule has 0 fully saturated rings. The van der Waals surface area contributed by atoms with E-state index in [-0.39, 0.29) is 6.04 Å². The first-order valence-corrected chi connectivity index (χ1v) is 5.56. The van der Waals surface area contributed by atoms with E-state index < -0.39 is 11.7 Å². The minimum atomic E-state index is -0.635. The Morgan fingerprint density at radius 3 is 2.33 bits per heavy atom. The third-order valence-corrected chi connectivity index (χ3v) is 2.35. The molecule has 1 atom stereocenters. The van der Waals surface area contributed by atoms with Crippen LogP contribution in [0.5, 0.6) is 5.75 Å². The van der Waals surface area contributed by atoms with E-state index in [4.69, 9.17) is 9.47 Å². The molecule has 0 spiro atoms. The van der Waals surface area contributed by atoms with Gasteiger partial charge in [0.2, 0.25) is 5.78 Å². The molecule has 0 saturated carbocycles. The molecular weight excluding hydrogens is 234 g/mol. The van der Waals surface area contributed by atoms with Gasteiger partial charge in [-0.25, -0.2) is 0 Å². The fraction of sp³-hybridized carbons (Fsp3) is 0.385. The minimum Gasteiger partial charge on any atom is -0.497 e. The number of ether oxygens (including phenoxy) is 2. The fourth-order valence-electron chi connectivity index (χ4n) is 1.45. The van der Waals surface area contributed by atoms with Crippen LogP contribution < -0.4 is 10.1 Å². The molecule has 0 heterocycles. The molecule has 1 aromatic carbocycles. The molecule has 0 bridgehead atoms. The molecule has 0 radical (unpaired) electrons. The number of hydrogen-bond acceptors (Lipinski definition) is 4. The van der Waals surface area contributed by atoms with Gasteiger partial charge >= 0.3 is 0 Å². The molecule has 0 aliphatic carbocycles. The van der Waals surface area contributed by atoms with Gasteiger partial charge in [-0.15, -0.1) is 0 Å². The summed E-state index contributed by atoms with van der Waals surface area (Å²) in [7, 11) is 3.07. The lowest BCUT2D eigenvalue weighted by atomic mass is 10.1. The van der Waals surface area contributed by atoms with Crippen LogP contribution in [0, 0.1) is 0 Å². The summed E-state index contributed by atoms with van der Waals surface area (Å²) in [6.07, 6.45) is 0. The second-order valence-electron chi connectivity index (χ2n) is 3.89. The zero-order valence-electron chi connectivity index (χ0n) is 10.7. The van der Waals surface area contributed by atoms with E-state index in [1.54, 1.807) is 31.2 Å². The van der Waals surface area contributed by atoms with Gasteiger partial charge in [0.15, 0.2) is 0 Å². The van der Waals surface area contributed by atoms with Crippen molar-refractivity contribution in [2.24, 2.45) is 0 Å². The first kappa shape index (κ1) is 14.2. The van der Waals surface area contributed by atoms with Crippen LogP contribution >= 0.6 is 0 Å². The third-order valence-electron chi connectivity index (χ3n) is 2.35. The number of ketones is 1. The van der Waals surface area contributed by atoms with E-state index in [1.807, 2.05) is 0 Å². The highest BCUT2D eigenvalue weighted by molar-refractivity contribution is 6.42. The number of nitrogens with one attached hydrogen (secondary N) is 1. The highest BCUT2D eigenvalue weighted by Crippen LogP contribution is 2.11. The van der Waals surface area contributed by atoms with Gasteiger partial charge in [-0.3, -0.25) is 9.59 Å². The molecule has 1 rings (SSSR count). The quantitative estimate of drug-likeness (QED) is 0.606. The van der Waals surface area contributed by atoms with Crippen LogP contribution in [-0.2, 0) is 9.53 Å². The van der Waals surface area contributed by atoms with Crippen molar-refractivity contribution in [1.29, 1.82) is 0 Å². The van der Waals surface area contributed by atoms with Gasteiger partial charge in [-0.1, -0.05) is 0 Å². The fourth-order valence-corrected chi connectivity index (χ4v) is 1.45. The maximum absolute atomic E-state index is 11.8. The second kappa shape index (κ2) is 6.76. The van der Waals surface area contributed by atoms with Crippen molar-refractivity contribution in [3.05, 3.63) is 29.8 Å². The molecule has 18 heavy (non-hydrogen) atoms. The summed E-state index contributed by atoms with van der Waals surface area (Å²) >= 11 is 0. The zero-order valence-corrected chi connectivity index (χ0v) is 10.7. The van der Waals surface area contributed by atoms with Crippen molar-refractivity contribution in [3.8, 4) is 5.75 Å². The van der Waals surface area contributed by atoms with E-state index in [0.29, 0.717) is 17.9 Å². The predicted molar refractivity (Wildman–Crippen MR) is 66.8 cm³/mol. The van der Waals surface area contributed by atoms with E-state index in [0.717, 1.165) is 0 Å². The summed E-state index contributed by atoms with van der Waals surface area (Å²) in [6, 6.07) is 6.19. The number of Topliss-reactive ketones (excluding diaryl/α,β-unsaturated/α-hetero) is 1. The van der Waals surface area contributed by atoms with Crippen LogP contribution in [-0.4, -0.2) is 38.6 Å². The lowest BCUT2D eigenvalue weighted by Crippen LogP contribution is -2.39. The Balaban J connectivity index is 2.65. The number of hydrogen-bond donors (Lipinski definition) is 1. The van der Waals surface area contributed by atoms with Crippen molar-refractivity contribution < 1.29 is 19.1 Å². The largest absolute Gasteiger partial charge is 0.497 e. The number of methoxy groups -OCH3 is 2. The summed E-state index contributed by atoms with van der Waals surface area (Å²) in [5, 5.41) is 2.56. The number of carbonyl (C=O) groups is 2. The van der Waals surface area contributed by atoms with Gasteiger partial charge in [0.1, 0.15) is 5.75 Å². The molecule has 98 valence electrons. The summed E-state index contributed by atoms with van der Waals surface area (Å²) < 4.78 is 9.86. The molecule has 0 aliphatic rings. The third kappa shape index (κ3) is 3.85. The Hall–Kier alpha value is -1.88. The minimum absolute atomic E-state index is 0.204. The predicted octanol–water partition coefficient (Wildman–Crippen LogP) is 1.03. The molecular formula is C13H17NO4. The zero-order chi connectivity index (χ0) is 13.5. The summed E-state index contributed by atoms with van der Waals surface area (Å²) in [5.74, 6) is -0.565. The Morgan fingerprint density at radius 1 is 1.22 bits per heavy atom. The molecule has 0 saturated heterocycles. The number of rotatable bonds is 6. The van der Waals surface area contributed by atoms with Crippen molar-refractivity contribution in [2.75, 3.05) is 20.8 Å². The van der Waals surface area contributed by atoms with Crippen LogP contribution in [0.25, 0.3) is 0 Å². The highest BCUT2D eigenvalue weighted by Gasteiger charge is 2.17. The van der Waals surface area contributed by atoms with E-state index in [1.165, 1.54) is 14.2 Å². The van der Waals surface area contributed by atoms with Crippen LogP contribution in [0.2, 0.25) is 0 Å². The number of amides is 1. The van der Waals surface area contributed by atoms with Gasteiger partial charge in [-0.05, 0) is 31.2 Å². The lowest BCUT2D eigenvalue weighted by molar-refractivity contribution is -0.117. The van der Waals surface area contributed by atoms with Crippen LogP contribution in [0.4, 0.5) is 0 Å². The van der Waals surface area contributed by atoms with Crippen molar-refractivity contribution >= 4 is 11.7 Å². The number of carbonyl (C=O) groups excluding carboxylic acids is 2. The maximum Gasteiger partial charge on any atom is 0.292 e. The van der Waals surface area contributed by atoms with Gasteiger partial charge < -0.3 is 14.8 Å². The van der Waals surface area contributed by atoms with Crippen LogP contribution in [0.15, 0.2) is 24.3 Å². The van der Waals surface area contributed by atoms with Crippen molar-refractivity contribution in [3.63, 3.8) is 0 Å². The van der Waals surface area contributed by atoms with Crippen LogP contribution in [0.1, 0.15) is 17.3 Å². The molecule has 5 heteroatoms. The van der Waals surface area contributed by atoms with Crippen molar-refractivity contribution in [1.82, 2.24) is 5.32 Å². The standard InChI is InChI=1S/C13H17NO4/c1-9(8-17-2)14-13(16)12(15)10-4-6-11(18-3)7-5-10/h4-7,9H,8H2,1-3H3,(H,14,16)/t9-/m1/s1. The maximum atomic E-state index is 11.8. The molecule has 0 aromatic heterocycles. The Kier molecular flexibility index (Phi) is 5.32. The molecule has 0 aliphatic heterocycles. The SMILES string of the molecule is COC[C@@H](C)NC(=O)C(=O)c1ccc(OC)cc1. The van der Waals surface area contributed by atoms with E-state index >= 15 is 0 Å². The van der Waals surface area contributed by atoms with Gasteiger partial charge in [0.05, 0.1) is 13.7 Å². The van der Waals surface area contributed by atoms with Gasteiger partial charge in [0.25, 0.3) is 5.91 Å². The van der Waals surface area contributed by atoms with E-state index in [2.05, 4.69) is 5.32 Å². The van der Waals surface area contributed by atoms with Crippen LogP contribution in [0.3, 0.4) is 0 Å². The average molecular weight is 251 g/mol. The average Bonchev–Trinajstić information content (AvgIpc) is 2.38. The smallest absolute Gasteiger partial charge is 0.292 e. The normalized spacial score (nSPS) is 11.7. The monoisotopic (exact) mass is 251 g/mol. The van der Waals surface area contributed by atoms with Gasteiger partial charge in [-0.2, -0.15) is 0 Å². The molecule has 0 unspecified atom stereocenters. The lowest BCUT2D eigenvalue weighted by Gasteiger charge is -2.11. The summed E-state index contributed by atoms with van der Waals surface area (Å²) in [5.41, 5.74) is 0.331. The molecule has 1 N–H and O–H groups in total. The molecule has 5 nitrogen and oxygen atoms in total. The first-order chi connectivity index (χ1) is 8.58. The Labute approximate surface area is 106 Å². The van der Waals surface area contributed by atoms with E-state index in [9.17, 15) is 9.59 Å². The summed E-state index contributed by atoms with van der Waals surface area (Å²) in [6.45, 7) is 2.13. The Bertz CT molecular complexity index is 414. The molecule has 1 amide bonds. The van der Waals surface area contributed by atoms with Crippen molar-refractivity contribution in [2.45, 2.75) is 13.0 Å². The second-order valence-corrected chi connectivity index (χ2v) is 3.89. The molecule has 1 aromatic rings. The highest BCUT2D eigenvalue weighted by atomic mass is 16.5. The number of benzene rings is 1. The Morgan fingerprint density at radius 2 is 1.83 bits per heavy atom. The van der Waals surface area contributed by atoms with Gasteiger partial charge in [0, 0.05) is 18.7 Å². The summed E-state index contributed by atoms with van der Waals surface area (Å²) in [4.78, 5) is 23.4. The first-order valence-electron chi connectivity index (χ1n) is 5.56. The topological polar surface area (TPSA) is 64.6 Å².